The Hall–Kier alpha value is -3.31. The molecule has 2 N–H and O–H groups in total. The minimum atomic E-state index is -3.71. The molecule has 0 aliphatic heterocycles. The Morgan fingerprint density at radius 2 is 1.53 bits per heavy atom. The summed E-state index contributed by atoms with van der Waals surface area (Å²) in [5.74, 6) is 0.441. The third-order valence-electron chi connectivity index (χ3n) is 5.04. The molecule has 0 unspecified atom stereocenters. The minimum Gasteiger partial charge on any atom is -0.497 e. The maximum Gasteiger partial charge on any atom is 0.251 e. The molecule has 0 spiro atoms. The molecular formula is C23H31N3O7S. The number of anilines is 1. The highest BCUT2D eigenvalue weighted by Crippen LogP contribution is 2.29. The SMILES string of the molecule is CCN(CC)S(=O)(=O)c1ccc(OC)c(NC(=O)CCNC(=O)c2cc(OC)cc(OC)c2)c1. The summed E-state index contributed by atoms with van der Waals surface area (Å²) in [4.78, 5) is 25.0. The lowest BCUT2D eigenvalue weighted by atomic mass is 10.2. The molecule has 0 radical (unpaired) electrons. The van der Waals surface area contributed by atoms with Crippen LogP contribution in [0.5, 0.6) is 17.2 Å². The molecule has 11 heteroatoms. The predicted molar refractivity (Wildman–Crippen MR) is 128 cm³/mol. The number of amides is 2. The first kappa shape index (κ1) is 26.9. The van der Waals surface area contributed by atoms with E-state index in [2.05, 4.69) is 10.6 Å². The first-order chi connectivity index (χ1) is 16.2. The van der Waals surface area contributed by atoms with E-state index < -0.39 is 21.8 Å². The Balaban J connectivity index is 2.07. The molecule has 0 fully saturated rings. The Bertz CT molecular complexity index is 1090. The zero-order chi connectivity index (χ0) is 25.3. The number of methoxy groups -OCH3 is 3. The molecule has 0 bridgehead atoms. The molecule has 2 rings (SSSR count). The van der Waals surface area contributed by atoms with E-state index in [1.807, 2.05) is 0 Å². The van der Waals surface area contributed by atoms with Crippen LogP contribution in [0.3, 0.4) is 0 Å². The lowest BCUT2D eigenvalue weighted by Gasteiger charge is -2.19. The van der Waals surface area contributed by atoms with E-state index in [9.17, 15) is 18.0 Å². The van der Waals surface area contributed by atoms with E-state index in [1.165, 1.54) is 43.8 Å². The average Bonchev–Trinajstić information content (AvgIpc) is 2.84. The quantitative estimate of drug-likeness (QED) is 0.466. The van der Waals surface area contributed by atoms with Gasteiger partial charge in [-0.25, -0.2) is 8.42 Å². The van der Waals surface area contributed by atoms with E-state index in [0.717, 1.165) is 0 Å². The second-order valence-electron chi connectivity index (χ2n) is 7.11. The van der Waals surface area contributed by atoms with Crippen molar-refractivity contribution in [2.45, 2.75) is 25.2 Å². The van der Waals surface area contributed by atoms with Gasteiger partial charge in [0.05, 0.1) is 31.9 Å². The summed E-state index contributed by atoms with van der Waals surface area (Å²) in [5.41, 5.74) is 0.553. The second kappa shape index (κ2) is 12.2. The number of rotatable bonds is 12. The number of benzene rings is 2. The molecule has 2 amide bonds. The molecule has 186 valence electrons. The van der Waals surface area contributed by atoms with E-state index in [1.54, 1.807) is 32.0 Å². The number of carbonyl (C=O) groups is 2. The van der Waals surface area contributed by atoms with E-state index in [4.69, 9.17) is 14.2 Å². The Morgan fingerprint density at radius 3 is 2.06 bits per heavy atom. The van der Waals surface area contributed by atoms with Crippen LogP contribution < -0.4 is 24.8 Å². The number of hydrogen-bond donors (Lipinski definition) is 2. The Labute approximate surface area is 200 Å². The monoisotopic (exact) mass is 493 g/mol. The predicted octanol–water partition coefficient (Wildman–Crippen LogP) is 2.50. The molecule has 0 aromatic heterocycles. The maximum atomic E-state index is 12.8. The zero-order valence-corrected chi connectivity index (χ0v) is 20.8. The fourth-order valence-electron chi connectivity index (χ4n) is 3.20. The summed E-state index contributed by atoms with van der Waals surface area (Å²) in [6.45, 7) is 4.22. The number of ether oxygens (including phenoxy) is 3. The van der Waals surface area contributed by atoms with Crippen LogP contribution >= 0.6 is 0 Å². The lowest BCUT2D eigenvalue weighted by molar-refractivity contribution is -0.116. The van der Waals surface area contributed by atoms with Gasteiger partial charge in [-0.1, -0.05) is 13.8 Å². The fourth-order valence-corrected chi connectivity index (χ4v) is 4.69. The summed E-state index contributed by atoms with van der Waals surface area (Å²) >= 11 is 0. The van der Waals surface area contributed by atoms with Gasteiger partial charge in [-0.05, 0) is 30.3 Å². The normalized spacial score (nSPS) is 11.1. The molecule has 0 aliphatic rings. The molecule has 10 nitrogen and oxygen atoms in total. The van der Waals surface area contributed by atoms with Crippen LogP contribution in [0.4, 0.5) is 5.69 Å². The molecule has 2 aromatic rings. The van der Waals surface area contributed by atoms with Crippen LogP contribution in [0, 0.1) is 0 Å². The molecule has 0 heterocycles. The second-order valence-corrected chi connectivity index (χ2v) is 9.04. The fraction of sp³-hybridized carbons (Fsp3) is 0.391. The van der Waals surface area contributed by atoms with Crippen LogP contribution in [0.2, 0.25) is 0 Å². The van der Waals surface area contributed by atoms with Crippen molar-refractivity contribution in [1.82, 2.24) is 9.62 Å². The maximum absolute atomic E-state index is 12.8. The topological polar surface area (TPSA) is 123 Å². The van der Waals surface area contributed by atoms with Gasteiger partial charge in [0.15, 0.2) is 0 Å². The highest BCUT2D eigenvalue weighted by molar-refractivity contribution is 7.89. The molecule has 2 aromatic carbocycles. The van der Waals surface area contributed by atoms with Crippen molar-refractivity contribution in [3.8, 4) is 17.2 Å². The van der Waals surface area contributed by atoms with Crippen molar-refractivity contribution in [2.24, 2.45) is 0 Å². The highest BCUT2D eigenvalue weighted by atomic mass is 32.2. The Kier molecular flexibility index (Phi) is 9.69. The summed E-state index contributed by atoms with van der Waals surface area (Å²) in [5, 5.41) is 5.33. The van der Waals surface area contributed by atoms with Crippen molar-refractivity contribution in [2.75, 3.05) is 46.3 Å². The number of carbonyl (C=O) groups excluding carboxylic acids is 2. The molecule has 0 saturated heterocycles. The van der Waals surface area contributed by atoms with Crippen molar-refractivity contribution >= 4 is 27.5 Å². The van der Waals surface area contributed by atoms with Crippen molar-refractivity contribution in [3.05, 3.63) is 42.0 Å². The highest BCUT2D eigenvalue weighted by Gasteiger charge is 2.23. The van der Waals surface area contributed by atoms with Gasteiger partial charge in [0.25, 0.3) is 5.91 Å². The van der Waals surface area contributed by atoms with E-state index in [0.29, 0.717) is 35.9 Å². The average molecular weight is 494 g/mol. The summed E-state index contributed by atoms with van der Waals surface area (Å²) in [6.07, 6.45) is -0.0387. The van der Waals surface area contributed by atoms with E-state index >= 15 is 0 Å². The lowest BCUT2D eigenvalue weighted by Crippen LogP contribution is -2.30. The van der Waals surface area contributed by atoms with Gasteiger partial charge in [-0.2, -0.15) is 4.31 Å². The van der Waals surface area contributed by atoms with Gasteiger partial charge in [0.2, 0.25) is 15.9 Å². The van der Waals surface area contributed by atoms with Gasteiger partial charge in [0, 0.05) is 37.7 Å². The summed E-state index contributed by atoms with van der Waals surface area (Å²) < 4.78 is 42.5. The first-order valence-corrected chi connectivity index (χ1v) is 12.1. The van der Waals surface area contributed by atoms with Gasteiger partial charge < -0.3 is 24.8 Å². The van der Waals surface area contributed by atoms with Crippen molar-refractivity contribution < 1.29 is 32.2 Å². The van der Waals surface area contributed by atoms with Crippen LogP contribution in [-0.2, 0) is 14.8 Å². The molecule has 34 heavy (non-hydrogen) atoms. The van der Waals surface area contributed by atoms with E-state index in [-0.39, 0.29) is 23.5 Å². The molecule has 0 saturated carbocycles. The van der Waals surface area contributed by atoms with Gasteiger partial charge in [-0.15, -0.1) is 0 Å². The largest absolute Gasteiger partial charge is 0.497 e. The van der Waals surface area contributed by atoms with Gasteiger partial charge in [-0.3, -0.25) is 9.59 Å². The summed E-state index contributed by atoms with van der Waals surface area (Å²) in [7, 11) is 0.684. The standard InChI is InChI=1S/C23H31N3O7S/c1-6-26(7-2)34(29,30)19-8-9-21(33-5)20(15-19)25-22(27)10-11-24-23(28)16-12-17(31-3)14-18(13-16)32-4/h8-9,12-15H,6-7,10-11H2,1-5H3,(H,24,28)(H,25,27). The molecular weight excluding hydrogens is 462 g/mol. The van der Waals surface area contributed by atoms with Crippen molar-refractivity contribution in [3.63, 3.8) is 0 Å². The van der Waals surface area contributed by atoms with Crippen molar-refractivity contribution in [1.29, 1.82) is 0 Å². The van der Waals surface area contributed by atoms with Crippen LogP contribution in [0.15, 0.2) is 41.3 Å². The number of hydrogen-bond acceptors (Lipinski definition) is 7. The van der Waals surface area contributed by atoms with Gasteiger partial charge in [0.1, 0.15) is 17.2 Å². The smallest absolute Gasteiger partial charge is 0.251 e. The minimum absolute atomic E-state index is 0.0387. The number of nitrogens with zero attached hydrogens (tertiary/aromatic N) is 1. The third kappa shape index (κ3) is 6.61. The third-order valence-corrected chi connectivity index (χ3v) is 7.09. The Morgan fingerprint density at radius 1 is 0.912 bits per heavy atom. The number of sulfonamides is 1. The van der Waals surface area contributed by atoms with Crippen LogP contribution in [0.25, 0.3) is 0 Å². The number of nitrogens with one attached hydrogen (secondary N) is 2. The van der Waals surface area contributed by atoms with Gasteiger partial charge >= 0.3 is 0 Å². The molecule has 0 atom stereocenters. The zero-order valence-electron chi connectivity index (χ0n) is 20.0. The van der Waals surface area contributed by atoms with Crippen LogP contribution in [-0.4, -0.2) is 65.5 Å². The first-order valence-electron chi connectivity index (χ1n) is 10.7. The summed E-state index contributed by atoms with van der Waals surface area (Å²) in [6, 6.07) is 9.06. The van der Waals surface area contributed by atoms with Crippen LogP contribution in [0.1, 0.15) is 30.6 Å². The molecule has 0 aliphatic carbocycles.